The second kappa shape index (κ2) is 11.1. The van der Waals surface area contributed by atoms with Gasteiger partial charge < -0.3 is 14.5 Å². The Labute approximate surface area is 220 Å². The number of hydrogen-bond donors (Lipinski definition) is 1. The molecule has 2 fully saturated rings. The van der Waals surface area contributed by atoms with Crippen molar-refractivity contribution in [2.75, 3.05) is 39.8 Å². The van der Waals surface area contributed by atoms with E-state index < -0.39 is 21.3 Å². The fourth-order valence-corrected chi connectivity index (χ4v) is 7.42. The Morgan fingerprint density at radius 1 is 1.03 bits per heavy atom. The average Bonchev–Trinajstić information content (AvgIpc) is 3.27. The first-order chi connectivity index (χ1) is 17.9. The largest absolute Gasteiger partial charge is 0.375 e. The van der Waals surface area contributed by atoms with E-state index in [4.69, 9.17) is 4.74 Å². The molecule has 3 aliphatic rings. The molecule has 1 amide bonds. The highest BCUT2D eigenvalue weighted by molar-refractivity contribution is 7.90. The Balaban J connectivity index is 1.26. The quantitative estimate of drug-likeness (QED) is 0.575. The molecule has 2 aromatic rings. The van der Waals surface area contributed by atoms with Crippen LogP contribution in [0.2, 0.25) is 0 Å². The van der Waals surface area contributed by atoms with Crippen molar-refractivity contribution in [3.8, 4) is 0 Å². The van der Waals surface area contributed by atoms with Gasteiger partial charge in [0.1, 0.15) is 6.04 Å². The highest BCUT2D eigenvalue weighted by Gasteiger charge is 2.41. The molecular formula is C29H37N3O4S. The van der Waals surface area contributed by atoms with Crippen LogP contribution in [0.5, 0.6) is 0 Å². The highest BCUT2D eigenvalue weighted by atomic mass is 32.2. The van der Waals surface area contributed by atoms with Gasteiger partial charge in [-0.25, -0.2) is 13.1 Å². The molecule has 5 rings (SSSR count). The summed E-state index contributed by atoms with van der Waals surface area (Å²) in [7, 11) is -1.66. The summed E-state index contributed by atoms with van der Waals surface area (Å²) in [6.45, 7) is 2.97. The lowest BCUT2D eigenvalue weighted by Crippen LogP contribution is -2.56. The van der Waals surface area contributed by atoms with Crippen LogP contribution in [0.3, 0.4) is 0 Å². The number of rotatable bonds is 8. The first-order valence-electron chi connectivity index (χ1n) is 13.3. The summed E-state index contributed by atoms with van der Waals surface area (Å²) < 4.78 is 35.3. The van der Waals surface area contributed by atoms with Crippen molar-refractivity contribution in [3.05, 3.63) is 77.4 Å². The smallest absolute Gasteiger partial charge is 0.243 e. The maximum atomic E-state index is 13.7. The van der Waals surface area contributed by atoms with E-state index in [1.54, 1.807) is 0 Å². The third kappa shape index (κ3) is 5.82. The minimum Gasteiger partial charge on any atom is -0.375 e. The van der Waals surface area contributed by atoms with Gasteiger partial charge in [0.15, 0.2) is 0 Å². The number of piperidine rings is 2. The minimum atomic E-state index is -3.66. The van der Waals surface area contributed by atoms with E-state index in [-0.39, 0.29) is 17.9 Å². The van der Waals surface area contributed by atoms with Gasteiger partial charge in [0.2, 0.25) is 15.9 Å². The summed E-state index contributed by atoms with van der Waals surface area (Å²) >= 11 is 0. The molecule has 0 saturated carbocycles. The molecule has 0 radical (unpaired) electrons. The number of carbonyl (C=O) groups excluding carboxylic acids is 1. The second-order valence-electron chi connectivity index (χ2n) is 10.6. The Kier molecular flexibility index (Phi) is 7.81. The van der Waals surface area contributed by atoms with Gasteiger partial charge in [-0.3, -0.25) is 4.79 Å². The van der Waals surface area contributed by atoms with Crippen molar-refractivity contribution < 1.29 is 17.9 Å². The van der Waals surface area contributed by atoms with Gasteiger partial charge in [-0.15, -0.1) is 0 Å². The van der Waals surface area contributed by atoms with E-state index in [1.165, 1.54) is 11.1 Å². The van der Waals surface area contributed by atoms with Gasteiger partial charge in [0.25, 0.3) is 0 Å². The van der Waals surface area contributed by atoms with Crippen LogP contribution in [-0.2, 0) is 31.6 Å². The van der Waals surface area contributed by atoms with Crippen molar-refractivity contribution in [2.24, 2.45) is 0 Å². The first-order valence-corrected chi connectivity index (χ1v) is 14.8. The Bertz CT molecular complexity index is 1210. The summed E-state index contributed by atoms with van der Waals surface area (Å²) in [5, 5.41) is -0.488. The number of nitrogens with zero attached hydrogens (tertiary/aromatic N) is 2. The van der Waals surface area contributed by atoms with Crippen molar-refractivity contribution >= 4 is 22.0 Å². The molecule has 1 spiro atoms. The van der Waals surface area contributed by atoms with E-state index >= 15 is 0 Å². The molecule has 7 nitrogen and oxygen atoms in total. The molecular weight excluding hydrogens is 486 g/mol. The van der Waals surface area contributed by atoms with E-state index in [1.807, 2.05) is 42.3 Å². The zero-order chi connectivity index (χ0) is 25.9. The molecule has 1 N–H and O–H groups in total. The SMILES string of the molecule is CN1CCC(S(=O)(=O)N[C@H](COCc2ccccc2)C(=O)N2CCC3(C=Cc4ccccc43)CC2)CC1. The maximum absolute atomic E-state index is 13.7. The Morgan fingerprint density at radius 2 is 1.70 bits per heavy atom. The van der Waals surface area contributed by atoms with Gasteiger partial charge in [-0.05, 0) is 62.5 Å². The van der Waals surface area contributed by atoms with E-state index in [9.17, 15) is 13.2 Å². The third-order valence-electron chi connectivity index (χ3n) is 8.15. The van der Waals surface area contributed by atoms with Crippen LogP contribution in [-0.4, -0.2) is 75.3 Å². The van der Waals surface area contributed by atoms with Crippen LogP contribution < -0.4 is 4.72 Å². The topological polar surface area (TPSA) is 79.0 Å². The van der Waals surface area contributed by atoms with Crippen molar-refractivity contribution in [2.45, 2.75) is 49.0 Å². The first kappa shape index (κ1) is 26.1. The van der Waals surface area contributed by atoms with Crippen LogP contribution in [0.25, 0.3) is 6.08 Å². The summed E-state index contributed by atoms with van der Waals surface area (Å²) in [5.74, 6) is -0.199. The fourth-order valence-electron chi connectivity index (χ4n) is 5.83. The predicted molar refractivity (Wildman–Crippen MR) is 145 cm³/mol. The number of sulfonamides is 1. The molecule has 1 atom stereocenters. The zero-order valence-corrected chi connectivity index (χ0v) is 22.3. The molecule has 0 aromatic heterocycles. The summed E-state index contributed by atoms with van der Waals surface area (Å²) in [6.07, 6.45) is 7.24. The lowest BCUT2D eigenvalue weighted by molar-refractivity contribution is -0.136. The minimum absolute atomic E-state index is 0.00393. The molecule has 8 heteroatoms. The molecule has 0 bridgehead atoms. The van der Waals surface area contributed by atoms with Crippen molar-refractivity contribution in [3.63, 3.8) is 0 Å². The zero-order valence-electron chi connectivity index (χ0n) is 21.5. The van der Waals surface area contributed by atoms with Crippen molar-refractivity contribution in [1.29, 1.82) is 0 Å². The van der Waals surface area contributed by atoms with Gasteiger partial charge in [-0.1, -0.05) is 66.7 Å². The third-order valence-corrected chi connectivity index (χ3v) is 10.1. The summed E-state index contributed by atoms with van der Waals surface area (Å²) in [4.78, 5) is 17.6. The van der Waals surface area contributed by atoms with Crippen molar-refractivity contribution in [1.82, 2.24) is 14.5 Å². The fraction of sp³-hybridized carbons (Fsp3) is 0.483. The van der Waals surface area contributed by atoms with Gasteiger partial charge in [0.05, 0.1) is 18.5 Å². The number of amides is 1. The number of nitrogens with one attached hydrogen (secondary N) is 1. The molecule has 2 aromatic carbocycles. The van der Waals surface area contributed by atoms with Gasteiger partial charge >= 0.3 is 0 Å². The molecule has 198 valence electrons. The van der Waals surface area contributed by atoms with E-state index in [0.717, 1.165) is 31.5 Å². The molecule has 37 heavy (non-hydrogen) atoms. The maximum Gasteiger partial charge on any atom is 0.243 e. The Morgan fingerprint density at radius 3 is 2.43 bits per heavy atom. The monoisotopic (exact) mass is 523 g/mol. The van der Waals surface area contributed by atoms with Crippen LogP contribution in [0.1, 0.15) is 42.4 Å². The van der Waals surface area contributed by atoms with Crippen LogP contribution >= 0.6 is 0 Å². The predicted octanol–water partition coefficient (Wildman–Crippen LogP) is 3.17. The average molecular weight is 524 g/mol. The van der Waals surface area contributed by atoms with Gasteiger partial charge in [-0.2, -0.15) is 0 Å². The number of ether oxygens (including phenoxy) is 1. The van der Waals surface area contributed by atoms with Crippen LogP contribution in [0.15, 0.2) is 60.7 Å². The van der Waals surface area contributed by atoms with E-state index in [0.29, 0.717) is 32.5 Å². The lowest BCUT2D eigenvalue weighted by Gasteiger charge is -2.40. The summed E-state index contributed by atoms with van der Waals surface area (Å²) in [5.41, 5.74) is 3.52. The molecule has 0 unspecified atom stereocenters. The molecule has 1 aliphatic carbocycles. The number of allylic oxidation sites excluding steroid dienone is 1. The molecule has 2 heterocycles. The molecule has 2 saturated heterocycles. The van der Waals surface area contributed by atoms with E-state index in [2.05, 4.69) is 46.0 Å². The number of fused-ring (bicyclic) bond motifs is 2. The van der Waals surface area contributed by atoms with Crippen LogP contribution in [0, 0.1) is 0 Å². The number of hydrogen-bond acceptors (Lipinski definition) is 5. The van der Waals surface area contributed by atoms with Crippen LogP contribution in [0.4, 0.5) is 0 Å². The molecule has 2 aliphatic heterocycles. The normalized spacial score (nSPS) is 20.7. The number of benzene rings is 2. The Hall–Kier alpha value is -2.52. The number of carbonyl (C=O) groups is 1. The second-order valence-corrected chi connectivity index (χ2v) is 12.6. The summed E-state index contributed by atoms with van der Waals surface area (Å²) in [6, 6.07) is 17.2. The standard InChI is InChI=1S/C29H37N3O4S/c1-31-17-12-25(13-18-31)37(34,35)30-27(22-36-21-23-7-3-2-4-8-23)28(33)32-19-15-29(16-20-32)14-11-24-9-5-6-10-26(24)29/h2-11,14,25,27,30H,12-13,15-22H2,1H3/t27-/m1/s1. The van der Waals surface area contributed by atoms with Gasteiger partial charge in [0, 0.05) is 18.5 Å². The highest BCUT2D eigenvalue weighted by Crippen LogP contribution is 2.43. The lowest BCUT2D eigenvalue weighted by atomic mass is 9.74. The number of likely N-dealkylation sites (tertiary alicyclic amines) is 2.